The van der Waals surface area contributed by atoms with Crippen LogP contribution in [0.5, 0.6) is 11.5 Å². The number of halogens is 1. The summed E-state index contributed by atoms with van der Waals surface area (Å²) in [4.78, 5) is 0. The van der Waals surface area contributed by atoms with Crippen LogP contribution in [-0.2, 0) is 4.57 Å². The summed E-state index contributed by atoms with van der Waals surface area (Å²) >= 11 is 5.89. The highest BCUT2D eigenvalue weighted by molar-refractivity contribution is 7.82. The second-order valence-electron chi connectivity index (χ2n) is 5.94. The highest BCUT2D eigenvalue weighted by Crippen LogP contribution is 2.65. The van der Waals surface area contributed by atoms with E-state index in [0.29, 0.717) is 11.5 Å². The molecule has 1 atom stereocenters. The summed E-state index contributed by atoms with van der Waals surface area (Å²) in [6, 6.07) is 24.0. The third-order valence-corrected chi connectivity index (χ3v) is 5.66. The topological polar surface area (TPSA) is 35.5 Å². The van der Waals surface area contributed by atoms with E-state index in [-0.39, 0.29) is 0 Å². The minimum absolute atomic E-state index is 0.417. The smallest absolute Gasteiger partial charge is 0.401 e. The minimum Gasteiger partial charge on any atom is -0.401 e. The molecule has 0 saturated heterocycles. The van der Waals surface area contributed by atoms with Gasteiger partial charge in [0.2, 0.25) is 0 Å². The Morgan fingerprint density at radius 3 is 2.28 bits per heavy atom. The van der Waals surface area contributed by atoms with Crippen molar-refractivity contribution >= 4 is 39.7 Å². The molecule has 25 heavy (non-hydrogen) atoms. The fourth-order valence-corrected chi connectivity index (χ4v) is 4.65. The Morgan fingerprint density at radius 2 is 1.44 bits per heavy atom. The van der Waals surface area contributed by atoms with Crippen molar-refractivity contribution in [2.75, 3.05) is 0 Å². The number of benzene rings is 4. The first-order valence-corrected chi connectivity index (χ1v) is 10.3. The van der Waals surface area contributed by atoms with Crippen molar-refractivity contribution in [1.29, 1.82) is 0 Å². The molecule has 0 radical (unpaired) electrons. The molecule has 1 aliphatic heterocycles. The van der Waals surface area contributed by atoms with Crippen molar-refractivity contribution in [1.82, 2.24) is 0 Å². The Balaban J connectivity index is 1.95. The Labute approximate surface area is 149 Å². The lowest BCUT2D eigenvalue weighted by atomic mass is 9.93. The summed E-state index contributed by atoms with van der Waals surface area (Å²) in [6.45, 7) is -3.65. The van der Waals surface area contributed by atoms with Gasteiger partial charge in [-0.3, -0.25) is 0 Å². The predicted molar refractivity (Wildman–Crippen MR) is 102 cm³/mol. The lowest BCUT2D eigenvalue weighted by molar-refractivity contribution is 0.452. The van der Waals surface area contributed by atoms with Crippen LogP contribution < -0.4 is 9.05 Å². The van der Waals surface area contributed by atoms with Crippen LogP contribution in [0.15, 0.2) is 72.8 Å². The zero-order valence-electron chi connectivity index (χ0n) is 13.0. The Bertz CT molecular complexity index is 1200. The second kappa shape index (κ2) is 5.26. The van der Waals surface area contributed by atoms with Crippen molar-refractivity contribution in [2.24, 2.45) is 0 Å². The molecule has 0 aliphatic carbocycles. The van der Waals surface area contributed by atoms with Gasteiger partial charge in [0.15, 0.2) is 11.5 Å². The Hall–Kier alpha value is -2.48. The number of rotatable bonds is 1. The van der Waals surface area contributed by atoms with Gasteiger partial charge in [-0.1, -0.05) is 66.7 Å². The molecule has 3 nitrogen and oxygen atoms in total. The van der Waals surface area contributed by atoms with Gasteiger partial charge in [0.25, 0.3) is 0 Å². The van der Waals surface area contributed by atoms with Gasteiger partial charge in [0.05, 0.1) is 0 Å². The SMILES string of the molecule is O=P1(Cl)Oc2cc3ccccc3c(-c3cccc4ccccc34)c2O1. The van der Waals surface area contributed by atoms with Gasteiger partial charge in [0, 0.05) is 16.8 Å². The van der Waals surface area contributed by atoms with Crippen LogP contribution >= 0.6 is 18.2 Å². The van der Waals surface area contributed by atoms with Gasteiger partial charge in [-0.2, -0.15) is 0 Å². The molecular formula is C20H12ClO3P. The lowest BCUT2D eigenvalue weighted by Crippen LogP contribution is -1.87. The first-order valence-electron chi connectivity index (χ1n) is 7.85. The largest absolute Gasteiger partial charge is 0.530 e. The third kappa shape index (κ3) is 2.31. The highest BCUT2D eigenvalue weighted by atomic mass is 35.7. The van der Waals surface area contributed by atoms with E-state index in [1.54, 1.807) is 0 Å². The zero-order valence-corrected chi connectivity index (χ0v) is 14.6. The van der Waals surface area contributed by atoms with Crippen molar-refractivity contribution in [2.45, 2.75) is 0 Å². The van der Waals surface area contributed by atoms with E-state index in [0.717, 1.165) is 32.7 Å². The molecule has 0 spiro atoms. The van der Waals surface area contributed by atoms with E-state index >= 15 is 0 Å². The minimum atomic E-state index is -3.65. The molecule has 0 amide bonds. The van der Waals surface area contributed by atoms with Gasteiger partial charge in [-0.05, 0) is 33.2 Å². The molecule has 1 unspecified atom stereocenters. The first kappa shape index (κ1) is 14.8. The molecule has 0 saturated carbocycles. The van der Waals surface area contributed by atoms with Crippen LogP contribution in [0.25, 0.3) is 32.7 Å². The van der Waals surface area contributed by atoms with Crippen LogP contribution in [0.2, 0.25) is 0 Å². The Kier molecular flexibility index (Phi) is 3.12. The monoisotopic (exact) mass is 366 g/mol. The molecule has 0 fully saturated rings. The van der Waals surface area contributed by atoms with Crippen LogP contribution in [0.1, 0.15) is 0 Å². The van der Waals surface area contributed by atoms with Gasteiger partial charge in [-0.15, -0.1) is 0 Å². The van der Waals surface area contributed by atoms with Crippen molar-refractivity contribution < 1.29 is 13.6 Å². The van der Waals surface area contributed by atoms with Gasteiger partial charge < -0.3 is 9.05 Å². The molecule has 0 bridgehead atoms. The maximum Gasteiger partial charge on any atom is 0.530 e. The molecule has 4 aromatic carbocycles. The van der Waals surface area contributed by atoms with Crippen LogP contribution in [-0.4, -0.2) is 0 Å². The molecule has 1 aliphatic rings. The highest BCUT2D eigenvalue weighted by Gasteiger charge is 2.37. The number of fused-ring (bicyclic) bond motifs is 3. The number of hydrogen-bond acceptors (Lipinski definition) is 3. The zero-order chi connectivity index (χ0) is 17.0. The van der Waals surface area contributed by atoms with Crippen molar-refractivity contribution in [3.8, 4) is 22.6 Å². The summed E-state index contributed by atoms with van der Waals surface area (Å²) in [5.74, 6) is 0.855. The van der Waals surface area contributed by atoms with E-state index < -0.39 is 6.95 Å². The van der Waals surface area contributed by atoms with Crippen molar-refractivity contribution in [3.05, 3.63) is 72.8 Å². The summed E-state index contributed by atoms with van der Waals surface area (Å²) in [5, 5.41) is 4.18. The van der Waals surface area contributed by atoms with Gasteiger partial charge >= 0.3 is 6.95 Å². The fraction of sp³-hybridized carbons (Fsp3) is 0. The second-order valence-corrected chi connectivity index (χ2v) is 8.41. The first-order chi connectivity index (χ1) is 12.1. The predicted octanol–water partition coefficient (Wildman–Crippen LogP) is 6.78. The Morgan fingerprint density at radius 1 is 0.760 bits per heavy atom. The maximum atomic E-state index is 12.2. The molecule has 122 valence electrons. The van der Waals surface area contributed by atoms with Crippen molar-refractivity contribution in [3.63, 3.8) is 0 Å². The van der Waals surface area contributed by atoms with Crippen LogP contribution in [0.4, 0.5) is 0 Å². The van der Waals surface area contributed by atoms with Gasteiger partial charge in [0.1, 0.15) is 0 Å². The van der Waals surface area contributed by atoms with E-state index in [9.17, 15) is 4.57 Å². The van der Waals surface area contributed by atoms with Gasteiger partial charge in [-0.25, -0.2) is 4.57 Å². The van der Waals surface area contributed by atoms with E-state index in [1.807, 2.05) is 54.6 Å². The summed E-state index contributed by atoms with van der Waals surface area (Å²) < 4.78 is 23.1. The molecule has 5 rings (SSSR count). The summed E-state index contributed by atoms with van der Waals surface area (Å²) in [6.07, 6.45) is 0. The van der Waals surface area contributed by atoms with E-state index in [4.69, 9.17) is 20.3 Å². The lowest BCUT2D eigenvalue weighted by Gasteiger charge is -2.13. The normalized spacial score (nSPS) is 18.8. The molecule has 0 aromatic heterocycles. The van der Waals surface area contributed by atoms with E-state index in [1.165, 1.54) is 0 Å². The fourth-order valence-electron chi connectivity index (χ4n) is 3.42. The van der Waals surface area contributed by atoms with Crippen LogP contribution in [0, 0.1) is 0 Å². The summed E-state index contributed by atoms with van der Waals surface area (Å²) in [5.41, 5.74) is 1.84. The van der Waals surface area contributed by atoms with E-state index in [2.05, 4.69) is 18.2 Å². The molecule has 1 heterocycles. The average Bonchev–Trinajstić information content (AvgIpc) is 2.92. The standard InChI is InChI=1S/C20H12ClO3P/c21-25(22)23-18-12-14-7-2-4-10-16(14)19(20(18)24-25)17-11-5-8-13-6-1-3-9-15(13)17/h1-12H. The quantitative estimate of drug-likeness (QED) is 0.348. The average molecular weight is 367 g/mol. The van der Waals surface area contributed by atoms with Crippen LogP contribution in [0.3, 0.4) is 0 Å². The third-order valence-electron chi connectivity index (χ3n) is 4.43. The molecule has 5 heteroatoms. The number of hydrogen-bond donors (Lipinski definition) is 0. The summed E-state index contributed by atoms with van der Waals surface area (Å²) in [7, 11) is 0. The molecule has 0 N–H and O–H groups in total. The maximum absolute atomic E-state index is 12.2. The molecular weight excluding hydrogens is 355 g/mol. The molecule has 4 aromatic rings.